The van der Waals surface area contributed by atoms with Crippen LogP contribution in [0.15, 0.2) is 24.3 Å². The van der Waals surface area contributed by atoms with Crippen LogP contribution in [0.4, 0.5) is 11.8 Å². The first kappa shape index (κ1) is 11.2. The van der Waals surface area contributed by atoms with E-state index in [-0.39, 0.29) is 0 Å². The molecule has 0 saturated carbocycles. The molecule has 0 bridgehead atoms. The highest BCUT2D eigenvalue weighted by molar-refractivity contribution is 5.90. The number of hydrogen-bond acceptors (Lipinski definition) is 5. The van der Waals surface area contributed by atoms with Crippen LogP contribution < -0.4 is 10.6 Å². The van der Waals surface area contributed by atoms with Gasteiger partial charge >= 0.3 is 0 Å². The van der Waals surface area contributed by atoms with Crippen molar-refractivity contribution in [3.05, 3.63) is 24.3 Å². The highest BCUT2D eigenvalue weighted by Crippen LogP contribution is 2.23. The van der Waals surface area contributed by atoms with E-state index in [1.54, 1.807) is 0 Å². The smallest absolute Gasteiger partial charge is 0.224 e. The third kappa shape index (κ3) is 2.09. The van der Waals surface area contributed by atoms with Crippen molar-refractivity contribution >= 4 is 22.7 Å². The van der Waals surface area contributed by atoms with Crippen LogP contribution in [0, 0.1) is 0 Å². The van der Waals surface area contributed by atoms with Gasteiger partial charge in [-0.05, 0) is 18.6 Å². The maximum absolute atomic E-state index is 5.38. The number of rotatable bonds is 3. The maximum atomic E-state index is 5.38. The molecule has 5 heteroatoms. The number of anilines is 2. The second-order valence-electron chi connectivity index (χ2n) is 4.37. The lowest BCUT2D eigenvalue weighted by Crippen LogP contribution is -2.20. The summed E-state index contributed by atoms with van der Waals surface area (Å²) in [6.07, 6.45) is 1.02. The first-order valence-electron chi connectivity index (χ1n) is 6.15. The zero-order chi connectivity index (χ0) is 12.4. The fourth-order valence-electron chi connectivity index (χ4n) is 2.14. The van der Waals surface area contributed by atoms with Crippen molar-refractivity contribution in [2.24, 2.45) is 0 Å². The molecule has 94 valence electrons. The van der Waals surface area contributed by atoms with Crippen molar-refractivity contribution in [2.45, 2.75) is 12.5 Å². The molecule has 1 aliphatic heterocycles. The molecule has 1 aliphatic rings. The van der Waals surface area contributed by atoms with Crippen LogP contribution in [0.1, 0.15) is 6.42 Å². The van der Waals surface area contributed by atoms with E-state index in [4.69, 9.17) is 4.74 Å². The third-order valence-electron chi connectivity index (χ3n) is 3.10. The minimum absolute atomic E-state index is 0.341. The van der Waals surface area contributed by atoms with Gasteiger partial charge in [-0.25, -0.2) is 4.98 Å². The van der Waals surface area contributed by atoms with Gasteiger partial charge in [-0.1, -0.05) is 12.1 Å². The van der Waals surface area contributed by atoms with Gasteiger partial charge in [-0.15, -0.1) is 0 Å². The normalized spacial score (nSPS) is 19.1. The first-order valence-corrected chi connectivity index (χ1v) is 6.15. The second-order valence-corrected chi connectivity index (χ2v) is 4.37. The molecular weight excluding hydrogens is 228 g/mol. The Bertz CT molecular complexity index is 552. The summed E-state index contributed by atoms with van der Waals surface area (Å²) < 4.78 is 5.38. The van der Waals surface area contributed by atoms with Crippen molar-refractivity contribution < 1.29 is 4.74 Å². The molecule has 5 nitrogen and oxygen atoms in total. The van der Waals surface area contributed by atoms with Gasteiger partial charge in [0.2, 0.25) is 5.95 Å². The summed E-state index contributed by atoms with van der Waals surface area (Å²) in [5.74, 6) is 1.51. The molecule has 1 fully saturated rings. The summed E-state index contributed by atoms with van der Waals surface area (Å²) in [7, 11) is 1.83. The molecule has 1 saturated heterocycles. The number of para-hydroxylation sites is 1. The predicted molar refractivity (Wildman–Crippen MR) is 71.9 cm³/mol. The van der Waals surface area contributed by atoms with Crippen LogP contribution in [-0.4, -0.2) is 36.3 Å². The lowest BCUT2D eigenvalue weighted by atomic mass is 10.2. The zero-order valence-electron chi connectivity index (χ0n) is 10.3. The molecule has 0 aliphatic carbocycles. The third-order valence-corrected chi connectivity index (χ3v) is 3.10. The highest BCUT2D eigenvalue weighted by atomic mass is 16.5. The van der Waals surface area contributed by atoms with E-state index in [0.717, 1.165) is 36.4 Å². The van der Waals surface area contributed by atoms with E-state index < -0.39 is 0 Å². The molecule has 0 radical (unpaired) electrons. The van der Waals surface area contributed by atoms with E-state index >= 15 is 0 Å². The Morgan fingerprint density at radius 1 is 1.28 bits per heavy atom. The van der Waals surface area contributed by atoms with Gasteiger partial charge in [0.05, 0.1) is 18.2 Å². The Morgan fingerprint density at radius 2 is 2.17 bits per heavy atom. The summed E-state index contributed by atoms with van der Waals surface area (Å²) in [6.45, 7) is 1.56. The average Bonchev–Trinajstić information content (AvgIpc) is 2.91. The van der Waals surface area contributed by atoms with Crippen molar-refractivity contribution in [1.29, 1.82) is 0 Å². The van der Waals surface area contributed by atoms with Crippen LogP contribution in [0.25, 0.3) is 10.9 Å². The molecule has 1 atom stereocenters. The van der Waals surface area contributed by atoms with Gasteiger partial charge in [-0.2, -0.15) is 4.98 Å². The topological polar surface area (TPSA) is 59.1 Å². The summed E-state index contributed by atoms with van der Waals surface area (Å²) >= 11 is 0. The molecular formula is C13H16N4O. The van der Waals surface area contributed by atoms with E-state index in [2.05, 4.69) is 20.6 Å². The Morgan fingerprint density at radius 3 is 2.94 bits per heavy atom. The summed E-state index contributed by atoms with van der Waals surface area (Å²) in [4.78, 5) is 8.93. The van der Waals surface area contributed by atoms with E-state index in [1.807, 2.05) is 31.3 Å². The zero-order valence-corrected chi connectivity index (χ0v) is 10.3. The molecule has 2 aromatic rings. The van der Waals surface area contributed by atoms with E-state index in [1.165, 1.54) is 0 Å². The molecule has 18 heavy (non-hydrogen) atoms. The standard InChI is InChI=1S/C13H16N4O/c1-14-13-16-11-5-3-2-4-10(11)12(17-13)15-9-6-7-18-8-9/h2-5,9H,6-8H2,1H3,(H2,14,15,16,17). The maximum Gasteiger partial charge on any atom is 0.224 e. The number of nitrogens with one attached hydrogen (secondary N) is 2. The minimum Gasteiger partial charge on any atom is -0.379 e. The van der Waals surface area contributed by atoms with E-state index in [0.29, 0.717) is 12.0 Å². The molecule has 1 aromatic heterocycles. The lowest BCUT2D eigenvalue weighted by molar-refractivity contribution is 0.195. The van der Waals surface area contributed by atoms with Crippen molar-refractivity contribution in [3.8, 4) is 0 Å². The van der Waals surface area contributed by atoms with Gasteiger partial charge in [0.25, 0.3) is 0 Å². The largest absolute Gasteiger partial charge is 0.379 e. The SMILES string of the molecule is CNc1nc(NC2CCOC2)c2ccccc2n1. The molecule has 1 aromatic carbocycles. The number of aromatic nitrogens is 2. The van der Waals surface area contributed by atoms with Gasteiger partial charge in [0, 0.05) is 19.0 Å². The quantitative estimate of drug-likeness (QED) is 0.863. The fraction of sp³-hybridized carbons (Fsp3) is 0.385. The Hall–Kier alpha value is -1.88. The Balaban J connectivity index is 2.01. The lowest BCUT2D eigenvalue weighted by Gasteiger charge is -2.14. The van der Waals surface area contributed by atoms with Crippen molar-refractivity contribution in [2.75, 3.05) is 30.9 Å². The highest BCUT2D eigenvalue weighted by Gasteiger charge is 2.17. The van der Waals surface area contributed by atoms with Crippen LogP contribution in [0.2, 0.25) is 0 Å². The minimum atomic E-state index is 0.341. The summed E-state index contributed by atoms with van der Waals surface area (Å²) in [5.41, 5.74) is 0.943. The number of hydrogen-bond donors (Lipinski definition) is 2. The van der Waals surface area contributed by atoms with Gasteiger partial charge in [-0.3, -0.25) is 0 Å². The molecule has 2 N–H and O–H groups in total. The summed E-state index contributed by atoms with van der Waals surface area (Å²) in [5, 5.41) is 7.48. The number of ether oxygens (including phenoxy) is 1. The molecule has 1 unspecified atom stereocenters. The fourth-order valence-corrected chi connectivity index (χ4v) is 2.14. The summed E-state index contributed by atoms with van der Waals surface area (Å²) in [6, 6.07) is 8.35. The second kappa shape index (κ2) is 4.78. The molecule has 2 heterocycles. The van der Waals surface area contributed by atoms with Crippen LogP contribution >= 0.6 is 0 Å². The monoisotopic (exact) mass is 244 g/mol. The van der Waals surface area contributed by atoms with E-state index in [9.17, 15) is 0 Å². The van der Waals surface area contributed by atoms with Crippen LogP contribution in [0.5, 0.6) is 0 Å². The average molecular weight is 244 g/mol. The molecule has 0 amide bonds. The van der Waals surface area contributed by atoms with Crippen LogP contribution in [0.3, 0.4) is 0 Å². The first-order chi connectivity index (χ1) is 8.86. The molecule has 0 spiro atoms. The molecule has 3 rings (SSSR count). The van der Waals surface area contributed by atoms with Gasteiger partial charge < -0.3 is 15.4 Å². The van der Waals surface area contributed by atoms with Crippen molar-refractivity contribution in [3.63, 3.8) is 0 Å². The van der Waals surface area contributed by atoms with Crippen molar-refractivity contribution in [1.82, 2.24) is 9.97 Å². The number of benzene rings is 1. The van der Waals surface area contributed by atoms with Crippen LogP contribution in [-0.2, 0) is 4.74 Å². The predicted octanol–water partition coefficient (Wildman–Crippen LogP) is 1.87. The number of nitrogens with zero attached hydrogens (tertiary/aromatic N) is 2. The van der Waals surface area contributed by atoms with Gasteiger partial charge in [0.15, 0.2) is 0 Å². The Labute approximate surface area is 106 Å². The Kier molecular flexibility index (Phi) is 2.98. The number of fused-ring (bicyclic) bond motifs is 1. The van der Waals surface area contributed by atoms with Gasteiger partial charge in [0.1, 0.15) is 5.82 Å².